The third-order valence-corrected chi connectivity index (χ3v) is 4.95. The maximum absolute atomic E-state index is 12.5. The smallest absolute Gasteiger partial charge is 0.224 e. The molecular weight excluding hydrogens is 264 g/mol. The predicted octanol–water partition coefficient (Wildman–Crippen LogP) is 1.15. The summed E-state index contributed by atoms with van der Waals surface area (Å²) in [7, 11) is 0. The van der Waals surface area contributed by atoms with Crippen LogP contribution >= 0.6 is 0 Å². The van der Waals surface area contributed by atoms with Crippen LogP contribution in [0.2, 0.25) is 0 Å². The predicted molar refractivity (Wildman–Crippen MR) is 79.7 cm³/mol. The first-order chi connectivity index (χ1) is 10.1. The van der Waals surface area contributed by atoms with E-state index in [0.717, 1.165) is 24.3 Å². The molecule has 0 radical (unpaired) electrons. The number of nitrogens with zero attached hydrogens (tertiary/aromatic N) is 2. The van der Waals surface area contributed by atoms with E-state index < -0.39 is 0 Å². The SMILES string of the molecule is CC(C)(NC(=O)C1[C@H]2CNC[C@@H]12)c1ccn2ccnc2c1. The first kappa shape index (κ1) is 12.8. The van der Waals surface area contributed by atoms with Gasteiger partial charge in [-0.05, 0) is 56.5 Å². The number of carbonyl (C=O) groups is 1. The lowest BCUT2D eigenvalue weighted by molar-refractivity contribution is -0.124. The van der Waals surface area contributed by atoms with Crippen LogP contribution in [0.3, 0.4) is 0 Å². The van der Waals surface area contributed by atoms with Gasteiger partial charge in [-0.25, -0.2) is 4.98 Å². The van der Waals surface area contributed by atoms with Crippen molar-refractivity contribution in [2.75, 3.05) is 13.1 Å². The second-order valence-electron chi connectivity index (χ2n) is 6.73. The molecule has 2 aliphatic rings. The summed E-state index contributed by atoms with van der Waals surface area (Å²) >= 11 is 0. The number of aromatic nitrogens is 2. The summed E-state index contributed by atoms with van der Waals surface area (Å²) in [5, 5.41) is 6.54. The van der Waals surface area contributed by atoms with Crippen LogP contribution in [0.1, 0.15) is 19.4 Å². The maximum Gasteiger partial charge on any atom is 0.224 e. The lowest BCUT2D eigenvalue weighted by Crippen LogP contribution is -2.43. The monoisotopic (exact) mass is 284 g/mol. The van der Waals surface area contributed by atoms with Gasteiger partial charge in [-0.2, -0.15) is 0 Å². The van der Waals surface area contributed by atoms with Crippen LogP contribution in [0.5, 0.6) is 0 Å². The molecule has 2 N–H and O–H groups in total. The normalized spacial score (nSPS) is 27.6. The van der Waals surface area contributed by atoms with Gasteiger partial charge in [0, 0.05) is 24.5 Å². The zero-order valence-electron chi connectivity index (χ0n) is 12.3. The Kier molecular flexibility index (Phi) is 2.63. The van der Waals surface area contributed by atoms with Crippen LogP contribution in [-0.2, 0) is 10.3 Å². The second kappa shape index (κ2) is 4.31. The largest absolute Gasteiger partial charge is 0.347 e. The molecule has 0 bridgehead atoms. The minimum absolute atomic E-state index is 0.194. The highest BCUT2D eigenvalue weighted by Gasteiger charge is 2.57. The number of pyridine rings is 1. The van der Waals surface area contributed by atoms with Gasteiger partial charge in [-0.15, -0.1) is 0 Å². The Morgan fingerprint density at radius 1 is 1.38 bits per heavy atom. The summed E-state index contributed by atoms with van der Waals surface area (Å²) in [4.78, 5) is 16.8. The molecular formula is C16H20N4O. The topological polar surface area (TPSA) is 58.4 Å². The van der Waals surface area contributed by atoms with Crippen molar-refractivity contribution in [3.63, 3.8) is 0 Å². The first-order valence-corrected chi connectivity index (χ1v) is 7.52. The standard InChI is InChI=1S/C16H20N4O/c1-16(2,10-3-5-20-6-4-18-13(20)7-10)19-15(21)14-11-8-17-9-12(11)14/h3-7,11-12,14,17H,8-9H2,1-2H3,(H,19,21)/t11-,12+,14?. The zero-order chi connectivity index (χ0) is 14.6. The molecule has 2 aromatic heterocycles. The fourth-order valence-corrected chi connectivity index (χ4v) is 3.57. The number of amides is 1. The number of hydrogen-bond donors (Lipinski definition) is 2. The summed E-state index contributed by atoms with van der Waals surface area (Å²) in [5.74, 6) is 1.51. The van der Waals surface area contributed by atoms with E-state index in [-0.39, 0.29) is 17.4 Å². The molecule has 0 aromatic carbocycles. The molecule has 3 heterocycles. The molecule has 3 atom stereocenters. The molecule has 110 valence electrons. The van der Waals surface area contributed by atoms with Crippen molar-refractivity contribution in [1.82, 2.24) is 20.0 Å². The maximum atomic E-state index is 12.5. The lowest BCUT2D eigenvalue weighted by atomic mass is 9.94. The van der Waals surface area contributed by atoms with Gasteiger partial charge in [0.05, 0.1) is 5.54 Å². The molecule has 5 nitrogen and oxygen atoms in total. The summed E-state index contributed by atoms with van der Waals surface area (Å²) in [6, 6.07) is 4.08. The number of carbonyl (C=O) groups excluding carboxylic acids is 1. The van der Waals surface area contributed by atoms with Crippen LogP contribution in [0.25, 0.3) is 5.65 Å². The van der Waals surface area contributed by atoms with Gasteiger partial charge in [0.25, 0.3) is 0 Å². The van der Waals surface area contributed by atoms with Crippen molar-refractivity contribution in [3.05, 3.63) is 36.3 Å². The first-order valence-electron chi connectivity index (χ1n) is 7.52. The third kappa shape index (κ3) is 2.03. The van der Waals surface area contributed by atoms with Gasteiger partial charge in [0.1, 0.15) is 5.65 Å². The van der Waals surface area contributed by atoms with Gasteiger partial charge >= 0.3 is 0 Å². The molecule has 1 saturated carbocycles. The average molecular weight is 284 g/mol. The molecule has 5 heteroatoms. The molecule has 2 aromatic rings. The second-order valence-corrected chi connectivity index (χ2v) is 6.73. The number of fused-ring (bicyclic) bond motifs is 2. The Labute approximate surface area is 123 Å². The van der Waals surface area contributed by atoms with Crippen molar-refractivity contribution in [2.45, 2.75) is 19.4 Å². The van der Waals surface area contributed by atoms with E-state index >= 15 is 0 Å². The van der Waals surface area contributed by atoms with Crippen LogP contribution in [-0.4, -0.2) is 28.4 Å². The molecule has 1 aliphatic carbocycles. The fraction of sp³-hybridized carbons (Fsp3) is 0.500. The number of hydrogen-bond acceptors (Lipinski definition) is 3. The van der Waals surface area contributed by atoms with Gasteiger partial charge in [0.15, 0.2) is 0 Å². The molecule has 0 spiro atoms. The van der Waals surface area contributed by atoms with Gasteiger partial charge < -0.3 is 15.0 Å². The van der Waals surface area contributed by atoms with Gasteiger partial charge in [-0.3, -0.25) is 4.79 Å². The van der Waals surface area contributed by atoms with E-state index in [1.54, 1.807) is 6.20 Å². The molecule has 1 saturated heterocycles. The summed E-state index contributed by atoms with van der Waals surface area (Å²) in [6.07, 6.45) is 5.69. The third-order valence-electron chi connectivity index (χ3n) is 4.95. The van der Waals surface area contributed by atoms with E-state index in [2.05, 4.69) is 29.5 Å². The summed E-state index contributed by atoms with van der Waals surface area (Å²) in [5.41, 5.74) is 1.61. The van der Waals surface area contributed by atoms with Crippen LogP contribution < -0.4 is 10.6 Å². The molecule has 1 unspecified atom stereocenters. The molecule has 21 heavy (non-hydrogen) atoms. The average Bonchev–Trinajstić information content (AvgIpc) is 2.83. The Morgan fingerprint density at radius 3 is 2.90 bits per heavy atom. The highest BCUT2D eigenvalue weighted by atomic mass is 16.2. The van der Waals surface area contributed by atoms with Crippen LogP contribution in [0, 0.1) is 17.8 Å². The van der Waals surface area contributed by atoms with E-state index in [9.17, 15) is 4.79 Å². The molecule has 1 aliphatic heterocycles. The highest BCUT2D eigenvalue weighted by molar-refractivity contribution is 5.83. The van der Waals surface area contributed by atoms with Crippen molar-refractivity contribution in [1.29, 1.82) is 0 Å². The molecule has 1 amide bonds. The van der Waals surface area contributed by atoms with Crippen LogP contribution in [0.4, 0.5) is 0 Å². The van der Waals surface area contributed by atoms with Crippen molar-refractivity contribution >= 4 is 11.6 Å². The number of nitrogens with one attached hydrogen (secondary N) is 2. The van der Waals surface area contributed by atoms with Gasteiger partial charge in [0.2, 0.25) is 5.91 Å². The quantitative estimate of drug-likeness (QED) is 0.889. The molecule has 4 rings (SSSR count). The highest BCUT2D eigenvalue weighted by Crippen LogP contribution is 2.49. The summed E-state index contributed by atoms with van der Waals surface area (Å²) < 4.78 is 1.97. The Morgan fingerprint density at radius 2 is 2.14 bits per heavy atom. The van der Waals surface area contributed by atoms with Crippen molar-refractivity contribution in [3.8, 4) is 0 Å². The van der Waals surface area contributed by atoms with E-state index in [0.29, 0.717) is 11.8 Å². The summed E-state index contributed by atoms with van der Waals surface area (Å²) in [6.45, 7) is 6.08. The minimum atomic E-state index is -0.380. The minimum Gasteiger partial charge on any atom is -0.347 e. The number of imidazole rings is 1. The number of rotatable bonds is 3. The van der Waals surface area contributed by atoms with Crippen molar-refractivity contribution in [2.24, 2.45) is 17.8 Å². The van der Waals surface area contributed by atoms with E-state index in [1.165, 1.54) is 0 Å². The fourth-order valence-electron chi connectivity index (χ4n) is 3.57. The zero-order valence-corrected chi connectivity index (χ0v) is 12.3. The Hall–Kier alpha value is -1.88. The van der Waals surface area contributed by atoms with Gasteiger partial charge in [-0.1, -0.05) is 0 Å². The van der Waals surface area contributed by atoms with E-state index in [1.807, 2.05) is 28.9 Å². The number of piperidine rings is 1. The molecule has 2 fully saturated rings. The van der Waals surface area contributed by atoms with Crippen LogP contribution in [0.15, 0.2) is 30.7 Å². The van der Waals surface area contributed by atoms with Crippen molar-refractivity contribution < 1.29 is 4.79 Å². The lowest BCUT2D eigenvalue weighted by Gasteiger charge is -2.27. The van der Waals surface area contributed by atoms with E-state index in [4.69, 9.17) is 0 Å². The Balaban J connectivity index is 1.53. The Bertz CT molecular complexity index is 695.